The molecule has 2 N–H and O–H groups in total. The molecule has 0 heterocycles. The van der Waals surface area contributed by atoms with E-state index in [-0.39, 0.29) is 5.41 Å². The third kappa shape index (κ3) is 3.40. The molecular weight excluding hydrogens is 231 g/mol. The predicted molar refractivity (Wildman–Crippen MR) is 67.2 cm³/mol. The van der Waals surface area contributed by atoms with Gasteiger partial charge < -0.3 is 5.73 Å². The normalized spacial score (nSPS) is 13.0. The van der Waals surface area contributed by atoms with E-state index < -0.39 is 0 Å². The second-order valence-electron chi connectivity index (χ2n) is 4.34. The van der Waals surface area contributed by atoms with E-state index in [1.54, 1.807) is 18.2 Å². The van der Waals surface area contributed by atoms with Gasteiger partial charge >= 0.3 is 0 Å². The maximum Gasteiger partial charge on any atom is 0.105 e. The fraction of sp³-hybridized carbons (Fsp3) is 0.364. The van der Waals surface area contributed by atoms with Crippen molar-refractivity contribution < 1.29 is 0 Å². The molecule has 15 heavy (non-hydrogen) atoms. The van der Waals surface area contributed by atoms with Crippen LogP contribution in [0.25, 0.3) is 0 Å². The highest BCUT2D eigenvalue weighted by Crippen LogP contribution is 2.29. The van der Waals surface area contributed by atoms with Crippen LogP contribution in [0.3, 0.4) is 0 Å². The Morgan fingerprint density at radius 2 is 1.87 bits per heavy atom. The summed E-state index contributed by atoms with van der Waals surface area (Å²) in [7, 11) is 0. The molecule has 0 unspecified atom stereocenters. The first-order valence-corrected chi connectivity index (χ1v) is 5.36. The summed E-state index contributed by atoms with van der Waals surface area (Å²) >= 11 is 11.8. The van der Waals surface area contributed by atoms with Crippen molar-refractivity contribution in [3.63, 3.8) is 0 Å². The first kappa shape index (κ1) is 12.3. The molecule has 0 amide bonds. The molecule has 1 aromatic rings. The fourth-order valence-electron chi connectivity index (χ4n) is 0.869. The smallest absolute Gasteiger partial charge is 0.105 e. The average Bonchev–Trinajstić information content (AvgIpc) is 2.09. The molecule has 0 aliphatic carbocycles. The van der Waals surface area contributed by atoms with Crippen LogP contribution in [0.15, 0.2) is 23.2 Å². The molecule has 0 saturated heterocycles. The fourth-order valence-corrected chi connectivity index (χ4v) is 1.20. The number of benzene rings is 1. The van der Waals surface area contributed by atoms with E-state index in [0.717, 1.165) is 0 Å². The summed E-state index contributed by atoms with van der Waals surface area (Å²) in [6.07, 6.45) is 0. The largest absolute Gasteiger partial charge is 0.387 e. The summed E-state index contributed by atoms with van der Waals surface area (Å²) in [5.41, 5.74) is 6.28. The Balaban J connectivity index is 3.13. The van der Waals surface area contributed by atoms with E-state index in [4.69, 9.17) is 28.9 Å². The van der Waals surface area contributed by atoms with Gasteiger partial charge in [-0.1, -0.05) is 44.0 Å². The third-order valence-electron chi connectivity index (χ3n) is 1.92. The van der Waals surface area contributed by atoms with Gasteiger partial charge in [0.1, 0.15) is 5.84 Å². The number of nitrogens with zero attached hydrogens (tertiary/aromatic N) is 1. The van der Waals surface area contributed by atoms with Gasteiger partial charge in [0, 0.05) is 10.4 Å². The highest BCUT2D eigenvalue weighted by molar-refractivity contribution is 6.35. The van der Waals surface area contributed by atoms with Crippen LogP contribution in [-0.2, 0) is 0 Å². The molecule has 0 spiro atoms. The molecule has 0 saturated carbocycles. The highest BCUT2D eigenvalue weighted by Gasteiger charge is 2.15. The van der Waals surface area contributed by atoms with E-state index in [1.165, 1.54) is 0 Å². The van der Waals surface area contributed by atoms with Gasteiger partial charge in [0.15, 0.2) is 0 Å². The standard InChI is InChI=1S/C11H14Cl2N2/c1-11(2,3)10(14)15-9-6-7(12)4-5-8(9)13/h4-6H,1-3H3,(H2,14,15). The Bertz CT molecular complexity index is 392. The van der Waals surface area contributed by atoms with Crippen molar-refractivity contribution in [2.24, 2.45) is 16.1 Å². The molecule has 1 rings (SSSR count). The van der Waals surface area contributed by atoms with Gasteiger partial charge in [-0.25, -0.2) is 4.99 Å². The van der Waals surface area contributed by atoms with Crippen LogP contribution in [-0.4, -0.2) is 5.84 Å². The van der Waals surface area contributed by atoms with Crippen molar-refractivity contribution in [3.8, 4) is 0 Å². The Hall–Kier alpha value is -0.730. The second-order valence-corrected chi connectivity index (χ2v) is 5.19. The van der Waals surface area contributed by atoms with Crippen molar-refractivity contribution in [1.82, 2.24) is 0 Å². The van der Waals surface area contributed by atoms with Crippen LogP contribution in [0, 0.1) is 5.41 Å². The second kappa shape index (κ2) is 4.42. The van der Waals surface area contributed by atoms with E-state index >= 15 is 0 Å². The summed E-state index contributed by atoms with van der Waals surface area (Å²) in [4.78, 5) is 4.27. The zero-order valence-corrected chi connectivity index (χ0v) is 10.5. The summed E-state index contributed by atoms with van der Waals surface area (Å²) < 4.78 is 0. The zero-order valence-electron chi connectivity index (χ0n) is 9.01. The van der Waals surface area contributed by atoms with Gasteiger partial charge in [0.2, 0.25) is 0 Å². The number of aliphatic imine (C=N–C) groups is 1. The lowest BCUT2D eigenvalue weighted by Gasteiger charge is -2.17. The molecule has 82 valence electrons. The van der Waals surface area contributed by atoms with Gasteiger partial charge in [0.25, 0.3) is 0 Å². The monoisotopic (exact) mass is 244 g/mol. The SMILES string of the molecule is CC(C)(C)C(N)=Nc1cc(Cl)ccc1Cl. The lowest BCUT2D eigenvalue weighted by atomic mass is 9.95. The van der Waals surface area contributed by atoms with Crippen LogP contribution in [0.2, 0.25) is 10.0 Å². The predicted octanol–water partition coefficient (Wildman–Crippen LogP) is 4.03. The van der Waals surface area contributed by atoms with E-state index in [1.807, 2.05) is 20.8 Å². The lowest BCUT2D eigenvalue weighted by Crippen LogP contribution is -2.28. The van der Waals surface area contributed by atoms with Gasteiger partial charge in [0.05, 0.1) is 10.7 Å². The minimum atomic E-state index is -0.175. The topological polar surface area (TPSA) is 38.4 Å². The van der Waals surface area contributed by atoms with Crippen LogP contribution in [0.4, 0.5) is 5.69 Å². The minimum absolute atomic E-state index is 0.175. The van der Waals surface area contributed by atoms with Crippen molar-refractivity contribution in [2.75, 3.05) is 0 Å². The molecule has 0 fully saturated rings. The first-order valence-electron chi connectivity index (χ1n) is 4.60. The van der Waals surface area contributed by atoms with Crippen LogP contribution < -0.4 is 5.73 Å². The Labute approximate surface area is 100 Å². The molecular formula is C11H14Cl2N2. The van der Waals surface area contributed by atoms with Gasteiger partial charge in [-0.15, -0.1) is 0 Å². The number of hydrogen-bond acceptors (Lipinski definition) is 1. The molecule has 0 bridgehead atoms. The number of halogens is 2. The Morgan fingerprint density at radius 3 is 2.40 bits per heavy atom. The maximum absolute atomic E-state index is 5.97. The summed E-state index contributed by atoms with van der Waals surface area (Å²) in [6.45, 7) is 5.97. The number of nitrogens with two attached hydrogens (primary N) is 1. The molecule has 0 aliphatic rings. The minimum Gasteiger partial charge on any atom is -0.387 e. The molecule has 0 radical (unpaired) electrons. The molecule has 0 aromatic heterocycles. The molecule has 4 heteroatoms. The van der Waals surface area contributed by atoms with Crippen molar-refractivity contribution >= 4 is 34.7 Å². The van der Waals surface area contributed by atoms with Gasteiger partial charge in [-0.3, -0.25) is 0 Å². The van der Waals surface area contributed by atoms with E-state index in [9.17, 15) is 0 Å². The number of rotatable bonds is 1. The summed E-state index contributed by atoms with van der Waals surface area (Å²) in [6, 6.07) is 5.12. The zero-order chi connectivity index (χ0) is 11.6. The summed E-state index contributed by atoms with van der Waals surface area (Å²) in [5.74, 6) is 0.534. The Morgan fingerprint density at radius 1 is 1.27 bits per heavy atom. The number of hydrogen-bond donors (Lipinski definition) is 1. The first-order chi connectivity index (χ1) is 6.80. The maximum atomic E-state index is 5.97. The van der Waals surface area contributed by atoms with E-state index in [2.05, 4.69) is 4.99 Å². The van der Waals surface area contributed by atoms with Crippen LogP contribution in [0.1, 0.15) is 20.8 Å². The molecule has 0 atom stereocenters. The quantitative estimate of drug-likeness (QED) is 0.588. The number of amidine groups is 1. The van der Waals surface area contributed by atoms with Gasteiger partial charge in [-0.2, -0.15) is 0 Å². The van der Waals surface area contributed by atoms with Crippen molar-refractivity contribution in [3.05, 3.63) is 28.2 Å². The average molecular weight is 245 g/mol. The third-order valence-corrected chi connectivity index (χ3v) is 2.47. The molecule has 1 aromatic carbocycles. The lowest BCUT2D eigenvalue weighted by molar-refractivity contribution is 0.585. The van der Waals surface area contributed by atoms with Crippen molar-refractivity contribution in [1.29, 1.82) is 0 Å². The van der Waals surface area contributed by atoms with Gasteiger partial charge in [-0.05, 0) is 18.2 Å². The molecule has 0 aliphatic heterocycles. The van der Waals surface area contributed by atoms with E-state index in [0.29, 0.717) is 21.6 Å². The highest BCUT2D eigenvalue weighted by atomic mass is 35.5. The Kier molecular flexibility index (Phi) is 3.63. The van der Waals surface area contributed by atoms with Crippen LogP contribution in [0.5, 0.6) is 0 Å². The summed E-state index contributed by atoms with van der Waals surface area (Å²) in [5, 5.41) is 1.14. The van der Waals surface area contributed by atoms with Crippen LogP contribution >= 0.6 is 23.2 Å². The molecule has 2 nitrogen and oxygen atoms in total. The van der Waals surface area contributed by atoms with Crippen molar-refractivity contribution in [2.45, 2.75) is 20.8 Å².